The molecule has 3 atom stereocenters. The first-order valence-corrected chi connectivity index (χ1v) is 13.6. The monoisotopic (exact) mass is 553 g/mol. The van der Waals surface area contributed by atoms with E-state index in [0.29, 0.717) is 31.1 Å². The lowest BCUT2D eigenvalue weighted by Gasteiger charge is -2.37. The van der Waals surface area contributed by atoms with Crippen LogP contribution in [0.15, 0.2) is 66.7 Å². The molecular weight excluding hydrogens is 519 g/mol. The molecule has 2 N–H and O–H groups in total. The lowest BCUT2D eigenvalue weighted by Crippen LogP contribution is -2.44. The Bertz CT molecular complexity index is 1370. The molecule has 0 aliphatic carbocycles. The van der Waals surface area contributed by atoms with Gasteiger partial charge < -0.3 is 19.7 Å². The van der Waals surface area contributed by atoms with Crippen LogP contribution in [0.3, 0.4) is 0 Å². The Labute approximate surface area is 232 Å². The van der Waals surface area contributed by atoms with Crippen LogP contribution in [-0.4, -0.2) is 47.0 Å². The van der Waals surface area contributed by atoms with Crippen LogP contribution in [0, 0.1) is 5.92 Å². The fraction of sp³-hybridized carbons (Fsp3) is 0.375. The van der Waals surface area contributed by atoms with Crippen molar-refractivity contribution in [3.63, 3.8) is 0 Å². The van der Waals surface area contributed by atoms with Crippen molar-refractivity contribution in [3.8, 4) is 23.0 Å². The molecule has 5 nitrogen and oxygen atoms in total. The number of benzene rings is 3. The summed E-state index contributed by atoms with van der Waals surface area (Å²) in [6.07, 6.45) is -3.94. The number of hydrogen-bond acceptors (Lipinski definition) is 5. The van der Waals surface area contributed by atoms with Gasteiger partial charge >= 0.3 is 6.18 Å². The summed E-state index contributed by atoms with van der Waals surface area (Å²) in [5.41, 5.74) is 4.32. The van der Waals surface area contributed by atoms with E-state index in [9.17, 15) is 23.4 Å². The van der Waals surface area contributed by atoms with Gasteiger partial charge in [0, 0.05) is 30.1 Å². The highest BCUT2D eigenvalue weighted by Crippen LogP contribution is 2.47. The van der Waals surface area contributed by atoms with Gasteiger partial charge in [-0.15, -0.1) is 0 Å². The van der Waals surface area contributed by atoms with Crippen LogP contribution in [0.1, 0.15) is 55.9 Å². The standard InChI is InChI=1S/C32H34F3NO4/c1-20(36-14-4-5-22(18-36)17-32(33,34)35)19-39-27-11-8-23(9-12-27)31-30(24-6-3-7-25(37)15-24)21(2)28-16-26(38)10-13-29(28)40-31/h3,6-13,15-16,20,22,31,37-38H,4-5,14,17-19H2,1-2H3/t20-,22-,31?/m0/s1. The normalized spacial score (nSPS) is 20.5. The Kier molecular flexibility index (Phi) is 7.99. The summed E-state index contributed by atoms with van der Waals surface area (Å²) in [4.78, 5) is 2.09. The molecule has 0 aromatic heterocycles. The maximum absolute atomic E-state index is 12.9. The second-order valence-electron chi connectivity index (χ2n) is 10.8. The van der Waals surface area contributed by atoms with Crippen LogP contribution in [-0.2, 0) is 0 Å². The Hall–Kier alpha value is -3.65. The Morgan fingerprint density at radius 2 is 1.77 bits per heavy atom. The van der Waals surface area contributed by atoms with Gasteiger partial charge in [-0.05, 0) is 98.3 Å². The SMILES string of the molecule is CC1=C(c2cccc(O)c2)C(c2ccc(OC[C@H](C)N3CCC[C@@H](CC(F)(F)F)C3)cc2)Oc2ccc(O)cc21. The van der Waals surface area contributed by atoms with Crippen molar-refractivity contribution in [1.29, 1.82) is 0 Å². The summed E-state index contributed by atoms with van der Waals surface area (Å²) < 4.78 is 51.1. The smallest absolute Gasteiger partial charge is 0.389 e. The van der Waals surface area contributed by atoms with Gasteiger partial charge in [-0.25, -0.2) is 0 Å². The highest BCUT2D eigenvalue weighted by Gasteiger charge is 2.35. The van der Waals surface area contributed by atoms with Gasteiger partial charge in [0.05, 0.1) is 0 Å². The number of ether oxygens (including phenoxy) is 2. The number of rotatable bonds is 7. The van der Waals surface area contributed by atoms with Crippen LogP contribution < -0.4 is 9.47 Å². The number of piperidine rings is 1. The number of hydrogen-bond donors (Lipinski definition) is 2. The molecule has 2 aliphatic rings. The third kappa shape index (κ3) is 6.39. The maximum Gasteiger partial charge on any atom is 0.389 e. The van der Waals surface area contributed by atoms with E-state index < -0.39 is 18.7 Å². The Balaban J connectivity index is 1.31. The molecule has 5 rings (SSSR count). The van der Waals surface area contributed by atoms with Crippen molar-refractivity contribution < 1.29 is 32.9 Å². The zero-order chi connectivity index (χ0) is 28.4. The number of phenols is 2. The molecule has 40 heavy (non-hydrogen) atoms. The third-order valence-electron chi connectivity index (χ3n) is 7.80. The van der Waals surface area contributed by atoms with Gasteiger partial charge in [-0.2, -0.15) is 13.2 Å². The molecule has 0 saturated carbocycles. The first-order chi connectivity index (χ1) is 19.1. The molecule has 0 radical (unpaired) electrons. The van der Waals surface area contributed by atoms with Gasteiger partial charge in [0.1, 0.15) is 35.7 Å². The summed E-state index contributed by atoms with van der Waals surface area (Å²) in [6, 6.07) is 19.6. The molecule has 2 aliphatic heterocycles. The lowest BCUT2D eigenvalue weighted by atomic mass is 9.86. The average Bonchev–Trinajstić information content (AvgIpc) is 2.91. The number of phenolic OH excluding ortho intramolecular Hbond substituents is 2. The van der Waals surface area contributed by atoms with E-state index in [1.54, 1.807) is 36.4 Å². The van der Waals surface area contributed by atoms with Crippen LogP contribution in [0.5, 0.6) is 23.0 Å². The summed E-state index contributed by atoms with van der Waals surface area (Å²) in [5.74, 6) is 1.25. The van der Waals surface area contributed by atoms with Crippen LogP contribution >= 0.6 is 0 Å². The number of alkyl halides is 3. The predicted molar refractivity (Wildman–Crippen MR) is 148 cm³/mol. The van der Waals surface area contributed by atoms with Crippen molar-refractivity contribution >= 4 is 11.1 Å². The molecule has 0 spiro atoms. The van der Waals surface area contributed by atoms with Crippen molar-refractivity contribution in [2.45, 2.75) is 51.4 Å². The minimum atomic E-state index is -4.13. The molecule has 0 amide bonds. The number of aromatic hydroxyl groups is 2. The van der Waals surface area contributed by atoms with Crippen LogP contribution in [0.2, 0.25) is 0 Å². The molecule has 1 unspecified atom stereocenters. The molecule has 1 saturated heterocycles. The van der Waals surface area contributed by atoms with Crippen LogP contribution in [0.25, 0.3) is 11.1 Å². The van der Waals surface area contributed by atoms with Crippen molar-refractivity contribution in [2.75, 3.05) is 19.7 Å². The summed E-state index contributed by atoms with van der Waals surface area (Å²) >= 11 is 0. The largest absolute Gasteiger partial charge is 0.508 e. The number of likely N-dealkylation sites (tertiary alicyclic amines) is 1. The molecule has 3 aromatic carbocycles. The van der Waals surface area contributed by atoms with E-state index in [-0.39, 0.29) is 23.5 Å². The zero-order valence-electron chi connectivity index (χ0n) is 22.6. The minimum Gasteiger partial charge on any atom is -0.508 e. The molecule has 0 bridgehead atoms. The number of nitrogens with zero attached hydrogens (tertiary/aromatic N) is 1. The van der Waals surface area contributed by atoms with E-state index >= 15 is 0 Å². The van der Waals surface area contributed by atoms with Crippen molar-refractivity contribution in [1.82, 2.24) is 4.90 Å². The van der Waals surface area contributed by atoms with E-state index in [0.717, 1.165) is 40.8 Å². The maximum atomic E-state index is 12.9. The van der Waals surface area contributed by atoms with E-state index in [1.807, 2.05) is 44.2 Å². The Morgan fingerprint density at radius 1 is 1.02 bits per heavy atom. The van der Waals surface area contributed by atoms with E-state index in [1.165, 1.54) is 0 Å². The number of allylic oxidation sites excluding steroid dienone is 1. The van der Waals surface area contributed by atoms with Gasteiger partial charge in [-0.3, -0.25) is 4.90 Å². The molecule has 212 valence electrons. The quantitative estimate of drug-likeness (QED) is 0.316. The second kappa shape index (κ2) is 11.5. The van der Waals surface area contributed by atoms with Crippen molar-refractivity contribution in [3.05, 3.63) is 83.4 Å². The number of fused-ring (bicyclic) bond motifs is 1. The van der Waals surface area contributed by atoms with Crippen molar-refractivity contribution in [2.24, 2.45) is 5.92 Å². The predicted octanol–water partition coefficient (Wildman–Crippen LogP) is 7.59. The van der Waals surface area contributed by atoms with E-state index in [4.69, 9.17) is 9.47 Å². The molecule has 8 heteroatoms. The zero-order valence-corrected chi connectivity index (χ0v) is 22.6. The van der Waals surface area contributed by atoms with Gasteiger partial charge in [0.2, 0.25) is 0 Å². The van der Waals surface area contributed by atoms with Gasteiger partial charge in [0.25, 0.3) is 0 Å². The first-order valence-electron chi connectivity index (χ1n) is 13.6. The summed E-state index contributed by atoms with van der Waals surface area (Å²) in [7, 11) is 0. The molecular formula is C32H34F3NO4. The van der Waals surface area contributed by atoms with Crippen LogP contribution in [0.4, 0.5) is 13.2 Å². The topological polar surface area (TPSA) is 62.2 Å². The Morgan fingerprint density at radius 3 is 2.50 bits per heavy atom. The third-order valence-corrected chi connectivity index (χ3v) is 7.80. The van der Waals surface area contributed by atoms with Gasteiger partial charge in [-0.1, -0.05) is 24.3 Å². The fourth-order valence-corrected chi connectivity index (χ4v) is 5.77. The molecule has 3 aromatic rings. The highest BCUT2D eigenvalue weighted by atomic mass is 19.4. The highest BCUT2D eigenvalue weighted by molar-refractivity contribution is 5.95. The lowest BCUT2D eigenvalue weighted by molar-refractivity contribution is -0.148. The summed E-state index contributed by atoms with van der Waals surface area (Å²) in [5, 5.41) is 20.2. The second-order valence-corrected chi connectivity index (χ2v) is 10.8. The average molecular weight is 554 g/mol. The minimum absolute atomic E-state index is 0.00625. The summed E-state index contributed by atoms with van der Waals surface area (Å²) in [6.45, 7) is 5.56. The number of halogens is 3. The molecule has 1 fully saturated rings. The van der Waals surface area contributed by atoms with E-state index in [2.05, 4.69) is 4.90 Å². The van der Waals surface area contributed by atoms with Gasteiger partial charge in [0.15, 0.2) is 0 Å². The fourth-order valence-electron chi connectivity index (χ4n) is 5.77. The molecule has 2 heterocycles. The first kappa shape index (κ1) is 27.9.